The van der Waals surface area contributed by atoms with Gasteiger partial charge in [0.2, 0.25) is 5.91 Å². The van der Waals surface area contributed by atoms with E-state index in [4.69, 9.17) is 0 Å². The van der Waals surface area contributed by atoms with Crippen LogP contribution in [0.15, 0.2) is 24.3 Å². The Bertz CT molecular complexity index is 593. The zero-order chi connectivity index (χ0) is 18.5. The van der Waals surface area contributed by atoms with Crippen molar-refractivity contribution in [1.29, 1.82) is 0 Å². The summed E-state index contributed by atoms with van der Waals surface area (Å²) in [7, 11) is 0. The number of nitrogens with one attached hydrogen (secondary N) is 2. The lowest BCUT2D eigenvalue weighted by atomic mass is 9.91. The van der Waals surface area contributed by atoms with Gasteiger partial charge in [-0.1, -0.05) is 38.1 Å². The zero-order valence-corrected chi connectivity index (χ0v) is 16.6. The number of nitrogens with zero attached hydrogens (tertiary/aromatic N) is 1. The van der Waals surface area contributed by atoms with Crippen LogP contribution in [0.3, 0.4) is 0 Å². The molecule has 1 aromatic rings. The molecule has 0 saturated carbocycles. The number of likely N-dealkylation sites (tertiary alicyclic amines) is 1. The standard InChI is InChI=1S/C22H35N3O/c1-16-10-17(2)14-25(13-16)15-21-7-5-4-6-20(21)12-24-22(26)19-8-9-23-18(3)11-19/h4-7,16-19,23H,8-15H2,1-3H3,(H,24,26)/t16?,17?,18-,19-/m0/s1. The number of piperidine rings is 2. The van der Waals surface area contributed by atoms with Crippen LogP contribution in [0.4, 0.5) is 0 Å². The molecule has 0 aliphatic carbocycles. The molecule has 4 nitrogen and oxygen atoms in total. The van der Waals surface area contributed by atoms with Crippen LogP contribution in [-0.2, 0) is 17.9 Å². The van der Waals surface area contributed by atoms with Crippen molar-refractivity contribution in [1.82, 2.24) is 15.5 Å². The molecule has 0 bridgehead atoms. The second-order valence-electron chi connectivity index (χ2n) is 8.70. The topological polar surface area (TPSA) is 44.4 Å². The van der Waals surface area contributed by atoms with Gasteiger partial charge in [0.25, 0.3) is 0 Å². The van der Waals surface area contributed by atoms with Crippen LogP contribution in [0.2, 0.25) is 0 Å². The molecule has 1 amide bonds. The van der Waals surface area contributed by atoms with Gasteiger partial charge in [0, 0.05) is 38.1 Å². The maximum absolute atomic E-state index is 12.6. The van der Waals surface area contributed by atoms with E-state index in [-0.39, 0.29) is 11.8 Å². The van der Waals surface area contributed by atoms with Gasteiger partial charge in [0.15, 0.2) is 0 Å². The van der Waals surface area contributed by atoms with E-state index in [0.717, 1.165) is 37.8 Å². The molecule has 144 valence electrons. The lowest BCUT2D eigenvalue weighted by Gasteiger charge is -2.35. The van der Waals surface area contributed by atoms with Gasteiger partial charge < -0.3 is 10.6 Å². The van der Waals surface area contributed by atoms with Crippen molar-refractivity contribution in [2.75, 3.05) is 19.6 Å². The van der Waals surface area contributed by atoms with E-state index < -0.39 is 0 Å². The third-order valence-corrected chi connectivity index (χ3v) is 5.90. The highest BCUT2D eigenvalue weighted by molar-refractivity contribution is 5.78. The highest BCUT2D eigenvalue weighted by Gasteiger charge is 2.25. The molecule has 2 fully saturated rings. The summed E-state index contributed by atoms with van der Waals surface area (Å²) in [6.07, 6.45) is 3.22. The van der Waals surface area contributed by atoms with Crippen molar-refractivity contribution >= 4 is 5.91 Å². The summed E-state index contributed by atoms with van der Waals surface area (Å²) in [5.74, 6) is 1.91. The first-order chi connectivity index (χ1) is 12.5. The number of hydrogen-bond acceptors (Lipinski definition) is 3. The van der Waals surface area contributed by atoms with Gasteiger partial charge in [-0.25, -0.2) is 0 Å². The largest absolute Gasteiger partial charge is 0.352 e. The first kappa shape index (κ1) is 19.4. The molecule has 2 heterocycles. The lowest BCUT2D eigenvalue weighted by molar-refractivity contribution is -0.126. The first-order valence-electron chi connectivity index (χ1n) is 10.3. The minimum Gasteiger partial charge on any atom is -0.352 e. The van der Waals surface area contributed by atoms with E-state index in [2.05, 4.69) is 60.6 Å². The highest BCUT2D eigenvalue weighted by Crippen LogP contribution is 2.23. The number of carbonyl (C=O) groups is 1. The average molecular weight is 358 g/mol. The third-order valence-electron chi connectivity index (χ3n) is 5.90. The van der Waals surface area contributed by atoms with E-state index in [9.17, 15) is 4.79 Å². The summed E-state index contributed by atoms with van der Waals surface area (Å²) in [6.45, 7) is 11.8. The number of hydrogen-bond donors (Lipinski definition) is 2. The van der Waals surface area contributed by atoms with Gasteiger partial charge in [-0.3, -0.25) is 9.69 Å². The van der Waals surface area contributed by atoms with Gasteiger partial charge in [0.1, 0.15) is 0 Å². The molecular formula is C22H35N3O. The second-order valence-corrected chi connectivity index (χ2v) is 8.70. The minimum absolute atomic E-state index is 0.155. The van der Waals surface area contributed by atoms with E-state index >= 15 is 0 Å². The summed E-state index contributed by atoms with van der Waals surface area (Å²) in [4.78, 5) is 15.1. The molecule has 26 heavy (non-hydrogen) atoms. The SMILES string of the molecule is CC1CC(C)CN(Cc2ccccc2CNC(=O)[C@H]2CCN[C@@H](C)C2)C1. The normalized spacial score (nSPS) is 30.1. The first-order valence-corrected chi connectivity index (χ1v) is 10.3. The van der Waals surface area contributed by atoms with E-state index in [0.29, 0.717) is 12.6 Å². The zero-order valence-electron chi connectivity index (χ0n) is 16.6. The van der Waals surface area contributed by atoms with Crippen molar-refractivity contribution in [3.63, 3.8) is 0 Å². The molecule has 0 spiro atoms. The Morgan fingerprint density at radius 1 is 1.12 bits per heavy atom. The summed E-state index contributed by atoms with van der Waals surface area (Å²) >= 11 is 0. The van der Waals surface area contributed by atoms with Crippen LogP contribution in [0.1, 0.15) is 51.2 Å². The Hall–Kier alpha value is -1.39. The van der Waals surface area contributed by atoms with Gasteiger partial charge >= 0.3 is 0 Å². The van der Waals surface area contributed by atoms with Gasteiger partial charge in [-0.05, 0) is 55.7 Å². The molecule has 2 unspecified atom stereocenters. The highest BCUT2D eigenvalue weighted by atomic mass is 16.1. The maximum Gasteiger partial charge on any atom is 0.223 e. The molecule has 2 aliphatic rings. The van der Waals surface area contributed by atoms with Gasteiger partial charge in [-0.2, -0.15) is 0 Å². The third kappa shape index (κ3) is 5.31. The van der Waals surface area contributed by atoms with Crippen molar-refractivity contribution in [2.45, 2.75) is 59.2 Å². The summed E-state index contributed by atoms with van der Waals surface area (Å²) in [5.41, 5.74) is 2.61. The van der Waals surface area contributed by atoms with Crippen molar-refractivity contribution < 1.29 is 4.79 Å². The molecule has 3 rings (SSSR count). The number of rotatable bonds is 5. The van der Waals surface area contributed by atoms with E-state index in [1.165, 1.54) is 30.6 Å². The van der Waals surface area contributed by atoms with Crippen LogP contribution in [0.5, 0.6) is 0 Å². The van der Waals surface area contributed by atoms with Crippen LogP contribution in [0, 0.1) is 17.8 Å². The van der Waals surface area contributed by atoms with Crippen LogP contribution < -0.4 is 10.6 Å². The molecule has 0 radical (unpaired) electrons. The fourth-order valence-corrected chi connectivity index (χ4v) is 4.74. The fraction of sp³-hybridized carbons (Fsp3) is 0.682. The van der Waals surface area contributed by atoms with Gasteiger partial charge in [0.05, 0.1) is 0 Å². The quantitative estimate of drug-likeness (QED) is 0.851. The Balaban J connectivity index is 1.57. The molecular weight excluding hydrogens is 322 g/mol. The number of benzene rings is 1. The van der Waals surface area contributed by atoms with Crippen molar-refractivity contribution in [2.24, 2.45) is 17.8 Å². The van der Waals surface area contributed by atoms with E-state index in [1.54, 1.807) is 0 Å². The fourth-order valence-electron chi connectivity index (χ4n) is 4.74. The molecule has 0 aromatic heterocycles. The van der Waals surface area contributed by atoms with Crippen LogP contribution in [-0.4, -0.2) is 36.5 Å². The minimum atomic E-state index is 0.155. The maximum atomic E-state index is 12.6. The predicted octanol–water partition coefficient (Wildman–Crippen LogP) is 3.17. The van der Waals surface area contributed by atoms with Crippen molar-refractivity contribution in [3.05, 3.63) is 35.4 Å². The molecule has 2 N–H and O–H groups in total. The molecule has 4 heteroatoms. The average Bonchev–Trinajstić information content (AvgIpc) is 2.60. The summed E-state index contributed by atoms with van der Waals surface area (Å²) in [5, 5.41) is 6.62. The summed E-state index contributed by atoms with van der Waals surface area (Å²) < 4.78 is 0. The van der Waals surface area contributed by atoms with E-state index in [1.807, 2.05) is 0 Å². The Morgan fingerprint density at radius 2 is 1.81 bits per heavy atom. The molecule has 2 saturated heterocycles. The molecule has 4 atom stereocenters. The lowest BCUT2D eigenvalue weighted by Crippen LogP contribution is -2.42. The Morgan fingerprint density at radius 3 is 2.50 bits per heavy atom. The summed E-state index contributed by atoms with van der Waals surface area (Å²) in [6, 6.07) is 9.02. The van der Waals surface area contributed by atoms with Gasteiger partial charge in [-0.15, -0.1) is 0 Å². The van der Waals surface area contributed by atoms with Crippen LogP contribution in [0.25, 0.3) is 0 Å². The van der Waals surface area contributed by atoms with Crippen molar-refractivity contribution in [3.8, 4) is 0 Å². The van der Waals surface area contributed by atoms with Crippen LogP contribution >= 0.6 is 0 Å². The molecule has 2 aliphatic heterocycles. The number of carbonyl (C=O) groups excluding carboxylic acids is 1. The monoisotopic (exact) mass is 357 g/mol. The second kappa shape index (κ2) is 9.01. The number of amides is 1. The Kier molecular flexibility index (Phi) is 6.71. The Labute approximate surface area is 158 Å². The smallest absolute Gasteiger partial charge is 0.223 e. The predicted molar refractivity (Wildman–Crippen MR) is 107 cm³/mol. The molecule has 1 aromatic carbocycles.